The number of pyridine rings is 1. The van der Waals surface area contributed by atoms with Crippen LogP contribution in [0.1, 0.15) is 33.6 Å². The largest absolute Gasteiger partial charge is 0.444 e. The lowest BCUT2D eigenvalue weighted by Gasteiger charge is -2.35. The van der Waals surface area contributed by atoms with Crippen molar-refractivity contribution >= 4 is 38.5 Å². The number of likely N-dealkylation sites (tertiary alicyclic amines) is 1. The number of benzene rings is 1. The Hall–Kier alpha value is -3.27. The molecule has 4 rings (SSSR count). The lowest BCUT2D eigenvalue weighted by Crippen LogP contribution is -2.47. The number of nitrogens with zero attached hydrogens (tertiary/aromatic N) is 3. The van der Waals surface area contributed by atoms with Crippen LogP contribution in [0.5, 0.6) is 0 Å². The maximum atomic E-state index is 13.1. The van der Waals surface area contributed by atoms with Crippen molar-refractivity contribution in [3.05, 3.63) is 48.8 Å². The molecular formula is C23H29N5O4S. The molecule has 1 aliphatic rings. The first-order valence-electron chi connectivity index (χ1n) is 10.9. The third-order valence-electron chi connectivity index (χ3n) is 5.43. The molecule has 0 saturated carbocycles. The number of carbonyl (C=O) groups is 1. The second kappa shape index (κ2) is 8.58. The van der Waals surface area contributed by atoms with Crippen LogP contribution in [0.25, 0.3) is 11.0 Å². The van der Waals surface area contributed by atoms with Crippen LogP contribution >= 0.6 is 0 Å². The molecule has 1 aliphatic heterocycles. The number of carbonyl (C=O) groups excluding carboxylic acids is 1. The number of anilines is 2. The van der Waals surface area contributed by atoms with E-state index in [-0.39, 0.29) is 22.7 Å². The fourth-order valence-electron chi connectivity index (χ4n) is 3.93. The molecule has 10 heteroatoms. The van der Waals surface area contributed by atoms with Crippen LogP contribution in [-0.4, -0.2) is 53.1 Å². The molecule has 3 N–H and O–H groups in total. The van der Waals surface area contributed by atoms with Gasteiger partial charge in [0.2, 0.25) is 0 Å². The predicted molar refractivity (Wildman–Crippen MR) is 128 cm³/mol. The molecule has 0 radical (unpaired) electrons. The molecule has 176 valence electrons. The minimum atomic E-state index is -3.81. The van der Waals surface area contributed by atoms with Gasteiger partial charge in [-0.25, -0.2) is 22.2 Å². The standard InChI is InChI=1S/C23H29N5O4S/c1-23(2,3)32-22(29)27-12-7-8-16(15-27)26-20-18-11-13-28(21(18)25-14-19(20)24)33(30,31)17-9-5-4-6-10-17/h4-6,9-11,13-14,16H,7-8,12,15,24H2,1-3H3,(H,25,26)/t16-/m1/s1. The van der Waals surface area contributed by atoms with Crippen molar-refractivity contribution < 1.29 is 17.9 Å². The van der Waals surface area contributed by atoms with Gasteiger partial charge in [-0.3, -0.25) is 0 Å². The summed E-state index contributed by atoms with van der Waals surface area (Å²) in [6.07, 6.45) is 4.25. The molecule has 1 amide bonds. The minimum absolute atomic E-state index is 0.0618. The number of ether oxygens (including phenoxy) is 1. The van der Waals surface area contributed by atoms with Gasteiger partial charge in [0, 0.05) is 30.7 Å². The van der Waals surface area contributed by atoms with E-state index in [0.29, 0.717) is 29.9 Å². The Bertz CT molecular complexity index is 1270. The van der Waals surface area contributed by atoms with E-state index in [4.69, 9.17) is 10.5 Å². The van der Waals surface area contributed by atoms with Gasteiger partial charge in [0.25, 0.3) is 10.0 Å². The van der Waals surface area contributed by atoms with Crippen LogP contribution < -0.4 is 11.1 Å². The Morgan fingerprint density at radius 1 is 1.21 bits per heavy atom. The molecule has 1 atom stereocenters. The number of aromatic nitrogens is 2. The van der Waals surface area contributed by atoms with Crippen molar-refractivity contribution in [2.45, 2.75) is 50.2 Å². The number of rotatable bonds is 4. The summed E-state index contributed by atoms with van der Waals surface area (Å²) in [6, 6.07) is 9.84. The first kappa shape index (κ1) is 22.9. The van der Waals surface area contributed by atoms with E-state index in [1.165, 1.54) is 12.4 Å². The summed E-state index contributed by atoms with van der Waals surface area (Å²) < 4.78 is 33.0. The fourth-order valence-corrected chi connectivity index (χ4v) is 5.25. The number of nitrogen functional groups attached to an aromatic ring is 1. The van der Waals surface area contributed by atoms with Gasteiger partial charge in [-0.2, -0.15) is 0 Å². The maximum Gasteiger partial charge on any atom is 0.410 e. The Morgan fingerprint density at radius 3 is 2.64 bits per heavy atom. The first-order chi connectivity index (χ1) is 15.6. The lowest BCUT2D eigenvalue weighted by molar-refractivity contribution is 0.0206. The molecular weight excluding hydrogens is 442 g/mol. The number of piperidine rings is 1. The third-order valence-corrected chi connectivity index (χ3v) is 7.11. The Kier molecular flexibility index (Phi) is 5.96. The van der Waals surface area contributed by atoms with Gasteiger partial charge in [-0.05, 0) is 51.8 Å². The fraction of sp³-hybridized carbons (Fsp3) is 0.391. The van der Waals surface area contributed by atoms with Crippen molar-refractivity contribution in [1.29, 1.82) is 0 Å². The van der Waals surface area contributed by atoms with E-state index in [1.807, 2.05) is 20.8 Å². The van der Waals surface area contributed by atoms with Gasteiger partial charge in [-0.15, -0.1) is 0 Å². The predicted octanol–water partition coefficient (Wildman–Crippen LogP) is 3.67. The molecule has 3 heterocycles. The van der Waals surface area contributed by atoms with Crippen LogP contribution in [0, 0.1) is 0 Å². The highest BCUT2D eigenvalue weighted by atomic mass is 32.2. The van der Waals surface area contributed by atoms with Crippen molar-refractivity contribution in [2.75, 3.05) is 24.1 Å². The van der Waals surface area contributed by atoms with Crippen LogP contribution in [0.15, 0.2) is 53.7 Å². The average molecular weight is 472 g/mol. The van der Waals surface area contributed by atoms with Crippen LogP contribution in [0.2, 0.25) is 0 Å². The van der Waals surface area contributed by atoms with Crippen LogP contribution in [0.4, 0.5) is 16.2 Å². The van der Waals surface area contributed by atoms with Gasteiger partial charge in [-0.1, -0.05) is 18.2 Å². The summed E-state index contributed by atoms with van der Waals surface area (Å²) in [5.74, 6) is 0. The zero-order chi connectivity index (χ0) is 23.8. The Balaban J connectivity index is 1.61. The normalized spacial score (nSPS) is 17.2. The van der Waals surface area contributed by atoms with Crippen molar-refractivity contribution in [3.63, 3.8) is 0 Å². The number of nitrogens with one attached hydrogen (secondary N) is 1. The van der Waals surface area contributed by atoms with E-state index in [9.17, 15) is 13.2 Å². The molecule has 2 aromatic heterocycles. The van der Waals surface area contributed by atoms with Crippen molar-refractivity contribution in [1.82, 2.24) is 13.9 Å². The lowest BCUT2D eigenvalue weighted by atomic mass is 10.1. The molecule has 0 bridgehead atoms. The molecule has 1 saturated heterocycles. The quantitative estimate of drug-likeness (QED) is 0.596. The van der Waals surface area contributed by atoms with Crippen molar-refractivity contribution in [3.8, 4) is 0 Å². The zero-order valence-corrected chi connectivity index (χ0v) is 19.8. The molecule has 0 unspecified atom stereocenters. The smallest absolute Gasteiger partial charge is 0.410 e. The van der Waals surface area contributed by atoms with Gasteiger partial charge in [0.1, 0.15) is 5.60 Å². The maximum absolute atomic E-state index is 13.1. The molecule has 0 aliphatic carbocycles. The van der Waals surface area contributed by atoms with Gasteiger partial charge < -0.3 is 20.7 Å². The summed E-state index contributed by atoms with van der Waals surface area (Å²) in [5, 5.41) is 4.02. The summed E-state index contributed by atoms with van der Waals surface area (Å²) in [5.41, 5.74) is 6.96. The molecule has 33 heavy (non-hydrogen) atoms. The van der Waals surface area contributed by atoms with E-state index < -0.39 is 15.6 Å². The highest BCUT2D eigenvalue weighted by Crippen LogP contribution is 2.32. The molecule has 1 aromatic carbocycles. The first-order valence-corrected chi connectivity index (χ1v) is 12.3. The monoisotopic (exact) mass is 471 g/mol. The number of hydrogen-bond acceptors (Lipinski definition) is 7. The molecule has 0 spiro atoms. The summed E-state index contributed by atoms with van der Waals surface area (Å²) in [7, 11) is -3.81. The van der Waals surface area contributed by atoms with Crippen LogP contribution in [0.3, 0.4) is 0 Å². The Labute approximate surface area is 193 Å². The summed E-state index contributed by atoms with van der Waals surface area (Å²) >= 11 is 0. The Morgan fingerprint density at radius 2 is 1.94 bits per heavy atom. The number of nitrogens with two attached hydrogens (primary N) is 1. The molecule has 1 fully saturated rings. The SMILES string of the molecule is CC(C)(C)OC(=O)N1CCC[C@@H](Nc2c(N)cnc3c2ccn3S(=O)(=O)c2ccccc2)C1. The van der Waals surface area contributed by atoms with Gasteiger partial charge in [0.05, 0.1) is 22.5 Å². The topological polar surface area (TPSA) is 120 Å². The number of fused-ring (bicyclic) bond motifs is 1. The van der Waals surface area contributed by atoms with E-state index >= 15 is 0 Å². The van der Waals surface area contributed by atoms with Gasteiger partial charge in [0.15, 0.2) is 5.65 Å². The average Bonchev–Trinajstić information content (AvgIpc) is 3.21. The van der Waals surface area contributed by atoms with Crippen molar-refractivity contribution in [2.24, 2.45) is 0 Å². The highest BCUT2D eigenvalue weighted by molar-refractivity contribution is 7.90. The summed E-state index contributed by atoms with van der Waals surface area (Å²) in [4.78, 5) is 18.7. The summed E-state index contributed by atoms with van der Waals surface area (Å²) in [6.45, 7) is 6.61. The van der Waals surface area contributed by atoms with Gasteiger partial charge >= 0.3 is 6.09 Å². The number of amides is 1. The third kappa shape index (κ3) is 4.75. The highest BCUT2D eigenvalue weighted by Gasteiger charge is 2.29. The second-order valence-corrected chi connectivity index (χ2v) is 11.0. The van der Waals surface area contributed by atoms with E-state index in [0.717, 1.165) is 16.8 Å². The molecule has 3 aromatic rings. The van der Waals surface area contributed by atoms with E-state index in [2.05, 4.69) is 10.3 Å². The number of hydrogen-bond donors (Lipinski definition) is 2. The molecule has 9 nitrogen and oxygen atoms in total. The zero-order valence-electron chi connectivity index (χ0n) is 19.0. The second-order valence-electron chi connectivity index (χ2n) is 9.17. The minimum Gasteiger partial charge on any atom is -0.444 e. The van der Waals surface area contributed by atoms with E-state index in [1.54, 1.807) is 41.3 Å². The van der Waals surface area contributed by atoms with Crippen LogP contribution in [-0.2, 0) is 14.8 Å².